The largest absolute Gasteiger partial charge is 0.320 e. The van der Waals surface area contributed by atoms with Crippen LogP contribution in [0.15, 0.2) is 42.7 Å². The number of nitrogens with one attached hydrogen (secondary N) is 1. The van der Waals surface area contributed by atoms with E-state index in [1.165, 1.54) is 17.9 Å². The minimum atomic E-state index is -0.691. The molecule has 0 saturated heterocycles. The highest BCUT2D eigenvalue weighted by molar-refractivity contribution is 6.30. The maximum absolute atomic E-state index is 12.2. The molecule has 1 N–H and O–H groups in total. The molecule has 0 bridgehead atoms. The number of aromatic nitrogens is 4. The van der Waals surface area contributed by atoms with Crippen molar-refractivity contribution in [1.29, 1.82) is 0 Å². The number of carbonyl (C=O) groups excluding carboxylic acids is 1. The molecule has 2 aromatic heterocycles. The molecule has 3 aromatic rings. The van der Waals surface area contributed by atoms with E-state index in [0.717, 1.165) is 5.56 Å². The predicted octanol–water partition coefficient (Wildman–Crippen LogP) is 2.48. The number of carbonyl (C=O) groups is 1. The van der Waals surface area contributed by atoms with Crippen LogP contribution in [0.2, 0.25) is 5.02 Å². The van der Waals surface area contributed by atoms with Gasteiger partial charge in [-0.1, -0.05) is 23.7 Å². The lowest BCUT2D eigenvalue weighted by molar-refractivity contribution is -0.385. The van der Waals surface area contributed by atoms with Gasteiger partial charge in [0.2, 0.25) is 5.69 Å². The number of rotatable bonds is 5. The Kier molecular flexibility index (Phi) is 4.48. The van der Waals surface area contributed by atoms with Crippen molar-refractivity contribution in [1.82, 2.24) is 19.6 Å². The van der Waals surface area contributed by atoms with E-state index in [0.29, 0.717) is 11.6 Å². The summed E-state index contributed by atoms with van der Waals surface area (Å²) >= 11 is 5.85. The Hall–Kier alpha value is -3.20. The SMILES string of the molecule is Cn1cc([N+](=O)[O-])c(C(=O)Nc2ccn(Cc3ccc(Cl)cc3)n2)n1. The first-order valence-electron chi connectivity index (χ1n) is 7.19. The van der Waals surface area contributed by atoms with Crippen molar-refractivity contribution >= 4 is 29.0 Å². The molecule has 0 saturated carbocycles. The standard InChI is InChI=1S/C15H13ClN6O3/c1-20-9-12(22(24)25)14(19-20)15(23)17-13-6-7-21(18-13)8-10-2-4-11(16)5-3-10/h2-7,9H,8H2,1H3,(H,17,18,23). The van der Waals surface area contributed by atoms with Gasteiger partial charge in [0.1, 0.15) is 6.20 Å². The summed E-state index contributed by atoms with van der Waals surface area (Å²) in [4.78, 5) is 22.5. The maximum Gasteiger partial charge on any atom is 0.320 e. The molecule has 1 amide bonds. The number of amides is 1. The van der Waals surface area contributed by atoms with Crippen LogP contribution in [0, 0.1) is 10.1 Å². The first-order chi connectivity index (χ1) is 11.9. The van der Waals surface area contributed by atoms with Crippen molar-refractivity contribution < 1.29 is 9.72 Å². The van der Waals surface area contributed by atoms with Crippen molar-refractivity contribution in [3.8, 4) is 0 Å². The summed E-state index contributed by atoms with van der Waals surface area (Å²) in [6.07, 6.45) is 2.87. The van der Waals surface area contributed by atoms with Crippen LogP contribution in [-0.4, -0.2) is 30.4 Å². The number of halogens is 1. The van der Waals surface area contributed by atoms with Gasteiger partial charge in [0.15, 0.2) is 5.82 Å². The van der Waals surface area contributed by atoms with Gasteiger partial charge in [0.05, 0.1) is 11.5 Å². The van der Waals surface area contributed by atoms with Gasteiger partial charge >= 0.3 is 5.69 Å². The van der Waals surface area contributed by atoms with Gasteiger partial charge in [-0.05, 0) is 17.7 Å². The fourth-order valence-electron chi connectivity index (χ4n) is 2.24. The molecule has 0 unspecified atom stereocenters. The molecule has 0 aliphatic rings. The highest BCUT2D eigenvalue weighted by Gasteiger charge is 2.25. The monoisotopic (exact) mass is 360 g/mol. The molecule has 128 valence electrons. The first kappa shape index (κ1) is 16.7. The molecule has 0 aliphatic heterocycles. The number of benzene rings is 1. The quantitative estimate of drug-likeness (QED) is 0.555. The Morgan fingerprint density at radius 3 is 2.68 bits per heavy atom. The van der Waals surface area contributed by atoms with E-state index in [9.17, 15) is 14.9 Å². The van der Waals surface area contributed by atoms with Gasteiger partial charge in [0, 0.05) is 24.3 Å². The normalized spacial score (nSPS) is 10.6. The lowest BCUT2D eigenvalue weighted by Crippen LogP contribution is -2.15. The van der Waals surface area contributed by atoms with Crippen LogP contribution in [0.5, 0.6) is 0 Å². The number of hydrogen-bond donors (Lipinski definition) is 1. The molecule has 3 rings (SSSR count). The molecular formula is C15H13ClN6O3. The van der Waals surface area contributed by atoms with Gasteiger partial charge in [-0.25, -0.2) is 0 Å². The number of aryl methyl sites for hydroxylation is 1. The van der Waals surface area contributed by atoms with Gasteiger partial charge in [0.25, 0.3) is 5.91 Å². The van der Waals surface area contributed by atoms with Crippen molar-refractivity contribution in [2.45, 2.75) is 6.54 Å². The van der Waals surface area contributed by atoms with Gasteiger partial charge in [-0.3, -0.25) is 24.3 Å². The average Bonchev–Trinajstić information content (AvgIpc) is 3.16. The lowest BCUT2D eigenvalue weighted by Gasteiger charge is -2.02. The number of anilines is 1. The van der Waals surface area contributed by atoms with Gasteiger partial charge in [-0.15, -0.1) is 0 Å². The van der Waals surface area contributed by atoms with Crippen LogP contribution < -0.4 is 5.32 Å². The molecule has 0 radical (unpaired) electrons. The summed E-state index contributed by atoms with van der Waals surface area (Å²) in [6, 6.07) is 8.91. The van der Waals surface area contributed by atoms with E-state index >= 15 is 0 Å². The molecule has 2 heterocycles. The molecular weight excluding hydrogens is 348 g/mol. The number of hydrogen-bond acceptors (Lipinski definition) is 5. The zero-order valence-electron chi connectivity index (χ0n) is 13.1. The highest BCUT2D eigenvalue weighted by atomic mass is 35.5. The fraction of sp³-hybridized carbons (Fsp3) is 0.133. The Balaban J connectivity index is 1.72. The molecule has 0 atom stereocenters. The fourth-order valence-corrected chi connectivity index (χ4v) is 2.37. The summed E-state index contributed by atoms with van der Waals surface area (Å²) in [7, 11) is 1.50. The molecule has 25 heavy (non-hydrogen) atoms. The second-order valence-electron chi connectivity index (χ2n) is 5.27. The summed E-state index contributed by atoms with van der Waals surface area (Å²) in [5.41, 5.74) is 0.367. The zero-order chi connectivity index (χ0) is 18.0. The molecule has 9 nitrogen and oxygen atoms in total. The van der Waals surface area contributed by atoms with Crippen LogP contribution in [0.3, 0.4) is 0 Å². The third-order valence-corrected chi connectivity index (χ3v) is 3.61. The molecule has 0 fully saturated rings. The second kappa shape index (κ2) is 6.73. The van der Waals surface area contributed by atoms with E-state index in [1.807, 2.05) is 12.1 Å². The summed E-state index contributed by atoms with van der Waals surface area (Å²) in [6.45, 7) is 0.497. The summed E-state index contributed by atoms with van der Waals surface area (Å²) in [5, 5.41) is 22.2. The van der Waals surface area contributed by atoms with Crippen molar-refractivity contribution in [3.63, 3.8) is 0 Å². The Labute approximate surface area is 147 Å². The number of nitro groups is 1. The van der Waals surface area contributed by atoms with Crippen LogP contribution in [0.4, 0.5) is 11.5 Å². The van der Waals surface area contributed by atoms with Crippen molar-refractivity contribution in [2.75, 3.05) is 5.32 Å². The topological polar surface area (TPSA) is 108 Å². The summed E-state index contributed by atoms with van der Waals surface area (Å²) in [5.74, 6) is -0.414. The van der Waals surface area contributed by atoms with Gasteiger partial charge in [-0.2, -0.15) is 10.2 Å². The first-order valence-corrected chi connectivity index (χ1v) is 7.57. The van der Waals surface area contributed by atoms with E-state index in [4.69, 9.17) is 11.6 Å². The molecule has 1 aromatic carbocycles. The third-order valence-electron chi connectivity index (χ3n) is 3.36. The van der Waals surface area contributed by atoms with Crippen molar-refractivity contribution in [2.24, 2.45) is 7.05 Å². The smallest absolute Gasteiger partial charge is 0.303 e. The Morgan fingerprint density at radius 2 is 2.00 bits per heavy atom. The van der Waals surface area contributed by atoms with Crippen LogP contribution in [0.25, 0.3) is 0 Å². The zero-order valence-corrected chi connectivity index (χ0v) is 13.8. The van der Waals surface area contributed by atoms with E-state index in [1.54, 1.807) is 29.1 Å². The number of nitrogens with zero attached hydrogens (tertiary/aromatic N) is 5. The van der Waals surface area contributed by atoms with Crippen molar-refractivity contribution in [3.05, 3.63) is 69.1 Å². The average molecular weight is 361 g/mol. The molecule has 10 heteroatoms. The minimum absolute atomic E-state index is 0.264. The van der Waals surface area contributed by atoms with E-state index in [-0.39, 0.29) is 17.2 Å². The van der Waals surface area contributed by atoms with Crippen LogP contribution in [-0.2, 0) is 13.6 Å². The highest BCUT2D eigenvalue weighted by Crippen LogP contribution is 2.17. The summed E-state index contributed by atoms with van der Waals surface area (Å²) < 4.78 is 2.85. The predicted molar refractivity (Wildman–Crippen MR) is 90.6 cm³/mol. The van der Waals surface area contributed by atoms with Crippen LogP contribution in [0.1, 0.15) is 16.1 Å². The van der Waals surface area contributed by atoms with E-state index < -0.39 is 10.8 Å². The maximum atomic E-state index is 12.2. The molecule has 0 spiro atoms. The minimum Gasteiger partial charge on any atom is -0.303 e. The van der Waals surface area contributed by atoms with Crippen LogP contribution >= 0.6 is 11.6 Å². The Bertz CT molecular complexity index is 931. The van der Waals surface area contributed by atoms with E-state index in [2.05, 4.69) is 15.5 Å². The lowest BCUT2D eigenvalue weighted by atomic mass is 10.2. The Morgan fingerprint density at radius 1 is 1.28 bits per heavy atom. The third kappa shape index (κ3) is 3.83. The van der Waals surface area contributed by atoms with Gasteiger partial charge < -0.3 is 5.32 Å². The molecule has 0 aliphatic carbocycles. The second-order valence-corrected chi connectivity index (χ2v) is 5.71.